The lowest BCUT2D eigenvalue weighted by Gasteiger charge is -2.13. The van der Waals surface area contributed by atoms with E-state index in [4.69, 9.17) is 18.9 Å². The topological polar surface area (TPSA) is 106 Å². The first-order valence-corrected chi connectivity index (χ1v) is 8.00. The summed E-state index contributed by atoms with van der Waals surface area (Å²) < 4.78 is 49.4. The molecular formula is C18H17F2NO8. The number of hydrogen-bond acceptors (Lipinski definition) is 8. The minimum absolute atomic E-state index is 0.0700. The van der Waals surface area contributed by atoms with Crippen LogP contribution in [0.1, 0.15) is 15.9 Å². The van der Waals surface area contributed by atoms with Crippen LogP contribution >= 0.6 is 0 Å². The van der Waals surface area contributed by atoms with Gasteiger partial charge in [0.25, 0.3) is 5.69 Å². The lowest BCUT2D eigenvalue weighted by Crippen LogP contribution is -2.09. The molecule has 0 radical (unpaired) electrons. The Morgan fingerprint density at radius 3 is 2.28 bits per heavy atom. The van der Waals surface area contributed by atoms with E-state index in [0.29, 0.717) is 5.75 Å². The highest BCUT2D eigenvalue weighted by Gasteiger charge is 2.23. The molecule has 0 aliphatic rings. The van der Waals surface area contributed by atoms with E-state index in [-0.39, 0.29) is 22.6 Å². The van der Waals surface area contributed by atoms with Gasteiger partial charge in [-0.3, -0.25) is 10.1 Å². The highest BCUT2D eigenvalue weighted by atomic mass is 19.3. The molecule has 11 heteroatoms. The van der Waals surface area contributed by atoms with Crippen molar-refractivity contribution < 1.29 is 42.2 Å². The van der Waals surface area contributed by atoms with Gasteiger partial charge >= 0.3 is 12.6 Å². The van der Waals surface area contributed by atoms with Crippen molar-refractivity contribution >= 4 is 11.7 Å². The van der Waals surface area contributed by atoms with Crippen molar-refractivity contribution in [2.24, 2.45) is 0 Å². The Hall–Kier alpha value is -3.63. The molecule has 0 fully saturated rings. The van der Waals surface area contributed by atoms with Crippen LogP contribution in [0.4, 0.5) is 14.5 Å². The third-order valence-electron chi connectivity index (χ3n) is 3.77. The fraction of sp³-hybridized carbons (Fsp3) is 0.278. The summed E-state index contributed by atoms with van der Waals surface area (Å²) in [6, 6.07) is 6.27. The summed E-state index contributed by atoms with van der Waals surface area (Å²) in [5.41, 5.74) is -0.578. The molecule has 0 spiro atoms. The van der Waals surface area contributed by atoms with E-state index in [0.717, 1.165) is 12.1 Å². The molecule has 0 aliphatic heterocycles. The average Bonchev–Trinajstić information content (AvgIpc) is 2.70. The Morgan fingerprint density at radius 1 is 1.03 bits per heavy atom. The fourth-order valence-corrected chi connectivity index (χ4v) is 2.41. The van der Waals surface area contributed by atoms with E-state index < -0.39 is 35.5 Å². The van der Waals surface area contributed by atoms with Gasteiger partial charge < -0.3 is 23.7 Å². The molecule has 156 valence electrons. The number of nitro benzene ring substituents is 1. The summed E-state index contributed by atoms with van der Waals surface area (Å²) in [5, 5.41) is 11.3. The lowest BCUT2D eigenvalue weighted by molar-refractivity contribution is -0.386. The van der Waals surface area contributed by atoms with E-state index in [1.807, 2.05) is 0 Å². The third kappa shape index (κ3) is 5.21. The molecule has 9 nitrogen and oxygen atoms in total. The van der Waals surface area contributed by atoms with Crippen LogP contribution in [0.5, 0.6) is 23.0 Å². The normalized spacial score (nSPS) is 10.4. The van der Waals surface area contributed by atoms with Crippen LogP contribution in [0.3, 0.4) is 0 Å². The number of carbonyl (C=O) groups excluding carboxylic acids is 1. The second kappa shape index (κ2) is 9.53. The highest BCUT2D eigenvalue weighted by Crippen LogP contribution is 2.36. The second-order valence-electron chi connectivity index (χ2n) is 5.41. The number of ether oxygens (including phenoxy) is 5. The molecule has 0 bridgehead atoms. The molecule has 29 heavy (non-hydrogen) atoms. The van der Waals surface area contributed by atoms with Crippen LogP contribution < -0.4 is 18.9 Å². The van der Waals surface area contributed by atoms with Crippen LogP contribution in [0, 0.1) is 10.1 Å². The first-order valence-electron chi connectivity index (χ1n) is 8.00. The van der Waals surface area contributed by atoms with Gasteiger partial charge in [-0.1, -0.05) is 0 Å². The molecule has 0 aromatic heterocycles. The average molecular weight is 413 g/mol. The third-order valence-corrected chi connectivity index (χ3v) is 3.77. The number of nitrogens with zero attached hydrogens (tertiary/aromatic N) is 1. The molecule has 0 saturated carbocycles. The molecule has 2 rings (SSSR count). The minimum Gasteiger partial charge on any atom is -0.497 e. The maximum atomic E-state index is 12.5. The highest BCUT2D eigenvalue weighted by molar-refractivity contribution is 5.92. The molecule has 0 unspecified atom stereocenters. The quantitative estimate of drug-likeness (QED) is 0.349. The van der Waals surface area contributed by atoms with Crippen molar-refractivity contribution in [3.8, 4) is 23.0 Å². The van der Waals surface area contributed by atoms with Crippen molar-refractivity contribution in [2.75, 3.05) is 21.3 Å². The smallest absolute Gasteiger partial charge is 0.387 e. The van der Waals surface area contributed by atoms with Gasteiger partial charge in [-0.25, -0.2) is 4.79 Å². The zero-order valence-corrected chi connectivity index (χ0v) is 15.6. The number of halogens is 2. The zero-order chi connectivity index (χ0) is 21.6. The van der Waals surface area contributed by atoms with Gasteiger partial charge in [-0.05, 0) is 18.2 Å². The van der Waals surface area contributed by atoms with Crippen LogP contribution in [0.25, 0.3) is 0 Å². The standard InChI is InChI=1S/C18H17F2NO8/c1-25-11-4-5-12(14(7-11)26-2)17(22)28-9-10-6-15(27-3)16(29-18(19)20)8-13(10)21(23)24/h4-8,18H,9H2,1-3H3. The molecule has 2 aromatic rings. The molecule has 0 atom stereocenters. The molecule has 0 aliphatic carbocycles. The van der Waals surface area contributed by atoms with Crippen molar-refractivity contribution in [3.63, 3.8) is 0 Å². The van der Waals surface area contributed by atoms with E-state index in [2.05, 4.69) is 4.74 Å². The van der Waals surface area contributed by atoms with E-state index in [9.17, 15) is 23.7 Å². The number of hydrogen-bond donors (Lipinski definition) is 0. The Bertz CT molecular complexity index is 904. The van der Waals surface area contributed by atoms with E-state index in [1.165, 1.54) is 39.5 Å². The SMILES string of the molecule is COc1ccc(C(=O)OCc2cc(OC)c(OC(F)F)cc2[N+](=O)[O-])c(OC)c1. The van der Waals surface area contributed by atoms with Gasteiger partial charge in [0.15, 0.2) is 11.5 Å². The monoisotopic (exact) mass is 413 g/mol. The summed E-state index contributed by atoms with van der Waals surface area (Å²) in [4.78, 5) is 22.9. The van der Waals surface area contributed by atoms with Gasteiger partial charge in [-0.2, -0.15) is 8.78 Å². The Balaban J connectivity index is 2.29. The molecule has 2 aromatic carbocycles. The van der Waals surface area contributed by atoms with Gasteiger partial charge in [0.1, 0.15) is 23.7 Å². The molecule has 0 saturated heterocycles. The fourth-order valence-electron chi connectivity index (χ4n) is 2.41. The number of esters is 1. The predicted molar refractivity (Wildman–Crippen MR) is 94.9 cm³/mol. The Kier molecular flexibility index (Phi) is 7.12. The summed E-state index contributed by atoms with van der Waals surface area (Å²) in [6.45, 7) is -3.72. The number of methoxy groups -OCH3 is 3. The first-order chi connectivity index (χ1) is 13.8. The van der Waals surface area contributed by atoms with Crippen molar-refractivity contribution in [3.05, 3.63) is 51.6 Å². The minimum atomic E-state index is -3.20. The number of benzene rings is 2. The molecule has 0 amide bonds. The van der Waals surface area contributed by atoms with Gasteiger partial charge in [-0.15, -0.1) is 0 Å². The Labute approximate surface area is 163 Å². The number of carbonyl (C=O) groups is 1. The van der Waals surface area contributed by atoms with Gasteiger partial charge in [0.05, 0.1) is 37.9 Å². The number of alkyl halides is 2. The maximum Gasteiger partial charge on any atom is 0.387 e. The zero-order valence-electron chi connectivity index (χ0n) is 15.6. The van der Waals surface area contributed by atoms with Crippen molar-refractivity contribution in [2.45, 2.75) is 13.2 Å². The summed E-state index contributed by atoms with van der Waals surface area (Å²) in [5.74, 6) is -0.869. The van der Waals surface area contributed by atoms with Crippen molar-refractivity contribution in [1.29, 1.82) is 0 Å². The summed E-state index contributed by atoms with van der Waals surface area (Å²) in [7, 11) is 3.97. The second-order valence-corrected chi connectivity index (χ2v) is 5.41. The van der Waals surface area contributed by atoms with Crippen molar-refractivity contribution in [1.82, 2.24) is 0 Å². The van der Waals surface area contributed by atoms with E-state index in [1.54, 1.807) is 0 Å². The summed E-state index contributed by atoms with van der Waals surface area (Å²) in [6.07, 6.45) is 0. The maximum absolute atomic E-state index is 12.5. The van der Waals surface area contributed by atoms with Crippen LogP contribution in [0.15, 0.2) is 30.3 Å². The predicted octanol–water partition coefficient (Wildman–Crippen LogP) is 3.58. The van der Waals surface area contributed by atoms with Crippen LogP contribution in [0.2, 0.25) is 0 Å². The number of nitro groups is 1. The molecule has 0 heterocycles. The lowest BCUT2D eigenvalue weighted by atomic mass is 10.1. The van der Waals surface area contributed by atoms with Crippen LogP contribution in [-0.4, -0.2) is 38.8 Å². The van der Waals surface area contributed by atoms with E-state index >= 15 is 0 Å². The number of rotatable bonds is 9. The molecular weight excluding hydrogens is 396 g/mol. The van der Waals surface area contributed by atoms with Gasteiger partial charge in [0, 0.05) is 6.07 Å². The van der Waals surface area contributed by atoms with Crippen LogP contribution in [-0.2, 0) is 11.3 Å². The summed E-state index contributed by atoms with van der Waals surface area (Å²) >= 11 is 0. The Morgan fingerprint density at radius 2 is 1.72 bits per heavy atom. The molecule has 0 N–H and O–H groups in total. The van der Waals surface area contributed by atoms with Gasteiger partial charge in [0.2, 0.25) is 0 Å². The largest absolute Gasteiger partial charge is 0.497 e. The first kappa shape index (κ1) is 21.7.